The summed E-state index contributed by atoms with van der Waals surface area (Å²) in [4.78, 5) is 24.3. The predicted molar refractivity (Wildman–Crippen MR) is 45.9 cm³/mol. The van der Waals surface area contributed by atoms with Crippen LogP contribution in [0.2, 0.25) is 0 Å². The van der Waals surface area contributed by atoms with E-state index in [1.807, 2.05) is 0 Å². The second-order valence-electron chi connectivity index (χ2n) is 3.91. The Bertz CT molecular complexity index is 376. The third-order valence-corrected chi connectivity index (χ3v) is 3.22. The lowest BCUT2D eigenvalue weighted by atomic mass is 9.96. The summed E-state index contributed by atoms with van der Waals surface area (Å²) in [6, 6.07) is -0.450. The van der Waals surface area contributed by atoms with E-state index < -0.39 is 11.8 Å². The van der Waals surface area contributed by atoms with Crippen molar-refractivity contribution in [3.63, 3.8) is 0 Å². The van der Waals surface area contributed by atoms with Crippen LogP contribution in [0.1, 0.15) is 12.8 Å². The van der Waals surface area contributed by atoms with Gasteiger partial charge in [-0.2, -0.15) is 0 Å². The first-order valence-electron chi connectivity index (χ1n) is 4.68. The predicted octanol–water partition coefficient (Wildman–Crippen LogP) is -1.26. The van der Waals surface area contributed by atoms with Gasteiger partial charge in [0.05, 0.1) is 18.0 Å². The zero-order valence-electron chi connectivity index (χ0n) is 7.49. The smallest absolute Gasteiger partial charge is 0.252 e. The number of hydrogen-bond donors (Lipinski definition) is 2. The third kappa shape index (κ3) is 0.662. The lowest BCUT2D eigenvalue weighted by molar-refractivity contribution is -0.141. The highest BCUT2D eigenvalue weighted by Gasteiger charge is 2.61. The van der Waals surface area contributed by atoms with Gasteiger partial charge in [-0.3, -0.25) is 9.59 Å². The number of hydrogen-bond acceptors (Lipinski definition) is 3. The van der Waals surface area contributed by atoms with Gasteiger partial charge in [0.15, 0.2) is 5.72 Å². The SMILES string of the molecule is O=C1N[C@@H]2CC(=O)N3CCC=C1[C@]23O. The maximum atomic E-state index is 11.5. The molecule has 3 rings (SSSR count). The maximum Gasteiger partial charge on any atom is 0.252 e. The Hall–Kier alpha value is -1.36. The Morgan fingerprint density at radius 2 is 2.36 bits per heavy atom. The topological polar surface area (TPSA) is 69.6 Å². The highest BCUT2D eigenvalue weighted by atomic mass is 16.3. The van der Waals surface area contributed by atoms with Gasteiger partial charge in [-0.15, -0.1) is 0 Å². The molecule has 2 N–H and O–H groups in total. The van der Waals surface area contributed by atoms with Crippen LogP contribution < -0.4 is 5.32 Å². The second kappa shape index (κ2) is 2.17. The number of rotatable bonds is 0. The molecular formula is C9H10N2O3. The van der Waals surface area contributed by atoms with Crippen LogP contribution in [0.4, 0.5) is 0 Å². The summed E-state index contributed by atoms with van der Waals surface area (Å²) in [5, 5.41) is 12.9. The summed E-state index contributed by atoms with van der Waals surface area (Å²) >= 11 is 0. The molecule has 0 spiro atoms. The first-order valence-corrected chi connectivity index (χ1v) is 4.68. The highest BCUT2D eigenvalue weighted by molar-refractivity contribution is 6.02. The van der Waals surface area contributed by atoms with Crippen LogP contribution in [0.25, 0.3) is 0 Å². The van der Waals surface area contributed by atoms with E-state index in [0.717, 1.165) is 0 Å². The first-order chi connectivity index (χ1) is 6.64. The van der Waals surface area contributed by atoms with E-state index in [1.54, 1.807) is 6.08 Å². The summed E-state index contributed by atoms with van der Waals surface area (Å²) in [6.45, 7) is 0.504. The lowest BCUT2D eigenvalue weighted by Gasteiger charge is -2.35. The second-order valence-corrected chi connectivity index (χ2v) is 3.91. The van der Waals surface area contributed by atoms with Gasteiger partial charge in [0.2, 0.25) is 5.91 Å². The van der Waals surface area contributed by atoms with Crippen LogP contribution >= 0.6 is 0 Å². The van der Waals surface area contributed by atoms with E-state index >= 15 is 0 Å². The third-order valence-electron chi connectivity index (χ3n) is 3.22. The van der Waals surface area contributed by atoms with Crippen molar-refractivity contribution >= 4 is 11.8 Å². The lowest BCUT2D eigenvalue weighted by Crippen LogP contribution is -2.53. The Morgan fingerprint density at radius 3 is 3.14 bits per heavy atom. The largest absolute Gasteiger partial charge is 0.365 e. The molecule has 3 aliphatic rings. The van der Waals surface area contributed by atoms with E-state index in [9.17, 15) is 14.7 Å². The first kappa shape index (κ1) is 7.99. The van der Waals surface area contributed by atoms with Crippen LogP contribution in [0.15, 0.2) is 11.6 Å². The Labute approximate surface area is 80.4 Å². The van der Waals surface area contributed by atoms with Crippen LogP contribution in [0.3, 0.4) is 0 Å². The molecule has 0 bridgehead atoms. The molecule has 3 aliphatic heterocycles. The highest BCUT2D eigenvalue weighted by Crippen LogP contribution is 2.41. The molecule has 5 nitrogen and oxygen atoms in total. The fourth-order valence-electron chi connectivity index (χ4n) is 2.57. The minimum Gasteiger partial charge on any atom is -0.365 e. The van der Waals surface area contributed by atoms with Gasteiger partial charge in [0, 0.05) is 6.54 Å². The van der Waals surface area contributed by atoms with Crippen molar-refractivity contribution in [3.05, 3.63) is 11.6 Å². The number of carbonyl (C=O) groups excluding carboxylic acids is 2. The summed E-state index contributed by atoms with van der Waals surface area (Å²) in [7, 11) is 0. The van der Waals surface area contributed by atoms with Crippen molar-refractivity contribution in [2.24, 2.45) is 0 Å². The molecule has 74 valence electrons. The van der Waals surface area contributed by atoms with Gasteiger partial charge in [-0.1, -0.05) is 6.08 Å². The van der Waals surface area contributed by atoms with Crippen LogP contribution in [-0.2, 0) is 9.59 Å². The Kier molecular flexibility index (Phi) is 1.24. The van der Waals surface area contributed by atoms with E-state index in [4.69, 9.17) is 0 Å². The zero-order chi connectivity index (χ0) is 9.92. The minimum atomic E-state index is -1.35. The van der Waals surface area contributed by atoms with Gasteiger partial charge in [0.25, 0.3) is 5.91 Å². The summed E-state index contributed by atoms with van der Waals surface area (Å²) in [5.74, 6) is -0.321. The molecule has 2 fully saturated rings. The average molecular weight is 194 g/mol. The van der Waals surface area contributed by atoms with Crippen molar-refractivity contribution < 1.29 is 14.7 Å². The summed E-state index contributed by atoms with van der Waals surface area (Å²) in [6.07, 6.45) is 2.58. The van der Waals surface area contributed by atoms with Gasteiger partial charge >= 0.3 is 0 Å². The normalized spacial score (nSPS) is 39.6. The van der Waals surface area contributed by atoms with Gasteiger partial charge in [-0.25, -0.2) is 0 Å². The van der Waals surface area contributed by atoms with Crippen molar-refractivity contribution in [2.75, 3.05) is 6.54 Å². The van der Waals surface area contributed by atoms with Crippen LogP contribution in [0, 0.1) is 0 Å². The Balaban J connectivity index is 2.18. The molecule has 0 radical (unpaired) electrons. The Morgan fingerprint density at radius 1 is 1.57 bits per heavy atom. The molecule has 0 aliphatic carbocycles. The standard InChI is InChI=1S/C9H10N2O3/c12-7-4-6-9(14)5(8(13)10-6)2-1-3-11(7)9/h2,6,14H,1,3-4H2,(H,10,13)/t6-,9+/m1/s1. The van der Waals surface area contributed by atoms with Gasteiger partial charge in [-0.05, 0) is 6.42 Å². The number of nitrogens with one attached hydrogen (secondary N) is 1. The zero-order valence-corrected chi connectivity index (χ0v) is 7.49. The molecular weight excluding hydrogens is 184 g/mol. The molecule has 0 aromatic carbocycles. The van der Waals surface area contributed by atoms with E-state index in [0.29, 0.717) is 18.5 Å². The van der Waals surface area contributed by atoms with E-state index in [-0.39, 0.29) is 18.2 Å². The monoisotopic (exact) mass is 194 g/mol. The summed E-state index contributed by atoms with van der Waals surface area (Å²) in [5.41, 5.74) is -1.01. The quantitative estimate of drug-likeness (QED) is 0.505. The molecule has 2 atom stereocenters. The van der Waals surface area contributed by atoms with Gasteiger partial charge in [0.1, 0.15) is 0 Å². The number of nitrogens with zero attached hydrogens (tertiary/aromatic N) is 1. The number of carbonyl (C=O) groups is 2. The van der Waals surface area contributed by atoms with Gasteiger partial charge < -0.3 is 15.3 Å². The minimum absolute atomic E-state index is 0.0805. The number of amides is 2. The van der Waals surface area contributed by atoms with Crippen LogP contribution in [0.5, 0.6) is 0 Å². The molecule has 3 heterocycles. The van der Waals surface area contributed by atoms with E-state index in [1.165, 1.54) is 4.90 Å². The van der Waals surface area contributed by atoms with Crippen molar-refractivity contribution in [3.8, 4) is 0 Å². The molecule has 0 unspecified atom stereocenters. The molecule has 2 amide bonds. The average Bonchev–Trinajstić information content (AvgIpc) is 2.52. The molecule has 0 aromatic heterocycles. The molecule has 14 heavy (non-hydrogen) atoms. The van der Waals surface area contributed by atoms with E-state index in [2.05, 4.69) is 5.32 Å². The van der Waals surface area contributed by atoms with Crippen molar-refractivity contribution in [2.45, 2.75) is 24.6 Å². The fraction of sp³-hybridized carbons (Fsp3) is 0.556. The maximum absolute atomic E-state index is 11.5. The molecule has 0 saturated carbocycles. The van der Waals surface area contributed by atoms with Crippen molar-refractivity contribution in [1.82, 2.24) is 10.2 Å². The summed E-state index contributed by atoms with van der Waals surface area (Å²) < 4.78 is 0. The van der Waals surface area contributed by atoms with Crippen molar-refractivity contribution in [1.29, 1.82) is 0 Å². The number of aliphatic hydroxyl groups is 1. The molecule has 2 saturated heterocycles. The molecule has 0 aromatic rings. The van der Waals surface area contributed by atoms with Crippen LogP contribution in [-0.4, -0.2) is 40.1 Å². The molecule has 5 heteroatoms. The fourth-order valence-corrected chi connectivity index (χ4v) is 2.57.